The van der Waals surface area contributed by atoms with E-state index < -0.39 is 6.10 Å². The van der Waals surface area contributed by atoms with Crippen molar-refractivity contribution in [3.05, 3.63) is 70.9 Å². The first kappa shape index (κ1) is 23.8. The largest absolute Gasteiger partial charge is 0.439 e. The average Bonchev–Trinajstić information content (AvgIpc) is 3.60. The van der Waals surface area contributed by atoms with Crippen molar-refractivity contribution in [1.29, 1.82) is 0 Å². The van der Waals surface area contributed by atoms with E-state index in [2.05, 4.69) is 4.90 Å². The summed E-state index contributed by atoms with van der Waals surface area (Å²) in [6, 6.07) is 17.8. The van der Waals surface area contributed by atoms with Crippen molar-refractivity contribution in [3.63, 3.8) is 0 Å². The Balaban J connectivity index is 1.63. The zero-order valence-corrected chi connectivity index (χ0v) is 20.2. The van der Waals surface area contributed by atoms with Crippen molar-refractivity contribution in [2.45, 2.75) is 58.4 Å². The Labute approximate surface area is 200 Å². The molecule has 0 saturated heterocycles. The molecule has 0 radical (unpaired) electrons. The molecule has 0 aliphatic heterocycles. The van der Waals surface area contributed by atoms with Crippen molar-refractivity contribution in [2.75, 3.05) is 13.2 Å². The van der Waals surface area contributed by atoms with Gasteiger partial charge in [0.25, 0.3) is 0 Å². The lowest BCUT2D eigenvalue weighted by Crippen LogP contribution is -2.36. The maximum absolute atomic E-state index is 10.6. The molecule has 1 heterocycles. The summed E-state index contributed by atoms with van der Waals surface area (Å²) in [7, 11) is 0. The van der Waals surface area contributed by atoms with E-state index in [-0.39, 0.29) is 6.10 Å². The first-order chi connectivity index (χ1) is 15.9. The second kappa shape index (κ2) is 10.7. The summed E-state index contributed by atoms with van der Waals surface area (Å²) in [4.78, 5) is 2.32. The third-order valence-electron chi connectivity index (χ3n) is 5.66. The molecule has 4 rings (SSSR count). The van der Waals surface area contributed by atoms with Gasteiger partial charge in [0.1, 0.15) is 5.75 Å². The van der Waals surface area contributed by atoms with E-state index in [4.69, 9.17) is 26.2 Å². The molecule has 1 N–H and O–H groups in total. The topological polar surface area (TPSA) is 59.8 Å². The molecule has 6 nitrogen and oxygen atoms in total. The summed E-state index contributed by atoms with van der Waals surface area (Å²) in [5, 5.41) is 16.1. The third-order valence-corrected chi connectivity index (χ3v) is 5.91. The number of aryl methyl sites for hydroxylation is 1. The summed E-state index contributed by atoms with van der Waals surface area (Å²) in [5.41, 5.74) is 2.85. The number of hydrogen-bond acceptors (Lipinski definition) is 5. The van der Waals surface area contributed by atoms with Crippen molar-refractivity contribution in [1.82, 2.24) is 14.7 Å². The maximum Gasteiger partial charge on any atom is 0.227 e. The Kier molecular flexibility index (Phi) is 7.71. The molecule has 1 aromatic heterocycles. The summed E-state index contributed by atoms with van der Waals surface area (Å²) in [5.74, 6) is 1.38. The van der Waals surface area contributed by atoms with Gasteiger partial charge in [-0.3, -0.25) is 4.90 Å². The number of halogens is 1. The van der Waals surface area contributed by atoms with Crippen LogP contribution in [0.3, 0.4) is 0 Å². The first-order valence-corrected chi connectivity index (χ1v) is 11.9. The smallest absolute Gasteiger partial charge is 0.227 e. The van der Waals surface area contributed by atoms with Crippen LogP contribution in [-0.4, -0.2) is 51.2 Å². The number of aliphatic hydroxyl groups is 1. The van der Waals surface area contributed by atoms with Crippen molar-refractivity contribution in [2.24, 2.45) is 0 Å². The standard InChI is InChI=1S/C26H32ClN3O3/c1-18(2)32-17-23(31)15-29(21-11-12-21)16-25-19(3)28-30(22-7-5-4-6-8-22)26(25)33-24-13-9-20(27)10-14-24/h4-10,13-14,18,21,23,31H,11-12,15-17H2,1-3H3. The summed E-state index contributed by atoms with van der Waals surface area (Å²) >= 11 is 6.07. The van der Waals surface area contributed by atoms with E-state index >= 15 is 0 Å². The molecule has 3 aromatic rings. The van der Waals surface area contributed by atoms with Gasteiger partial charge in [-0.05, 0) is 70.0 Å². The second-order valence-electron chi connectivity index (χ2n) is 8.87. The van der Waals surface area contributed by atoms with Gasteiger partial charge >= 0.3 is 0 Å². The molecule has 0 amide bonds. The molecule has 2 aromatic carbocycles. The molecule has 1 aliphatic rings. The van der Waals surface area contributed by atoms with Crippen LogP contribution in [0.4, 0.5) is 0 Å². The van der Waals surface area contributed by atoms with Gasteiger partial charge in [0.15, 0.2) is 0 Å². The van der Waals surface area contributed by atoms with Crippen LogP contribution < -0.4 is 4.74 Å². The molecule has 0 bridgehead atoms. The van der Waals surface area contributed by atoms with Crippen LogP contribution in [0.2, 0.25) is 5.02 Å². The molecule has 1 atom stereocenters. The predicted molar refractivity (Wildman–Crippen MR) is 130 cm³/mol. The van der Waals surface area contributed by atoms with Gasteiger partial charge in [0, 0.05) is 24.2 Å². The molecule has 1 fully saturated rings. The second-order valence-corrected chi connectivity index (χ2v) is 9.31. The Bertz CT molecular complexity index is 1030. The van der Waals surface area contributed by atoms with Crippen LogP contribution in [0.15, 0.2) is 54.6 Å². The fourth-order valence-electron chi connectivity index (χ4n) is 3.80. The first-order valence-electron chi connectivity index (χ1n) is 11.5. The predicted octanol–water partition coefficient (Wildman–Crippen LogP) is 5.38. The molecule has 33 heavy (non-hydrogen) atoms. The van der Waals surface area contributed by atoms with Gasteiger partial charge < -0.3 is 14.6 Å². The SMILES string of the molecule is Cc1nn(-c2ccccc2)c(Oc2ccc(Cl)cc2)c1CN(CC(O)COC(C)C)C1CC1. The Morgan fingerprint density at radius 1 is 1.12 bits per heavy atom. The molecule has 1 unspecified atom stereocenters. The van der Waals surface area contributed by atoms with Crippen LogP contribution in [-0.2, 0) is 11.3 Å². The molecule has 1 saturated carbocycles. The minimum absolute atomic E-state index is 0.0970. The quantitative estimate of drug-likeness (QED) is 0.408. The summed E-state index contributed by atoms with van der Waals surface area (Å²) in [6.07, 6.45) is 1.83. The van der Waals surface area contributed by atoms with Crippen molar-refractivity contribution in [3.8, 4) is 17.3 Å². The van der Waals surface area contributed by atoms with E-state index in [9.17, 15) is 5.11 Å². The highest BCUT2D eigenvalue weighted by molar-refractivity contribution is 6.30. The van der Waals surface area contributed by atoms with Crippen molar-refractivity contribution < 1.29 is 14.6 Å². The van der Waals surface area contributed by atoms with Gasteiger partial charge in [-0.15, -0.1) is 0 Å². The van der Waals surface area contributed by atoms with Gasteiger partial charge in [-0.2, -0.15) is 5.10 Å². The molecule has 176 valence electrons. The lowest BCUT2D eigenvalue weighted by Gasteiger charge is -2.25. The van der Waals surface area contributed by atoms with E-state index in [1.165, 1.54) is 0 Å². The number of para-hydroxylation sites is 1. The Morgan fingerprint density at radius 3 is 2.45 bits per heavy atom. The lowest BCUT2D eigenvalue weighted by molar-refractivity contribution is -0.0107. The molecule has 1 aliphatic carbocycles. The van der Waals surface area contributed by atoms with Gasteiger partial charge in [-0.1, -0.05) is 29.8 Å². The number of aliphatic hydroxyl groups excluding tert-OH is 1. The maximum atomic E-state index is 10.6. The number of hydrogen-bond donors (Lipinski definition) is 1. The average molecular weight is 470 g/mol. The molecular weight excluding hydrogens is 438 g/mol. The number of ether oxygens (including phenoxy) is 2. The van der Waals surface area contributed by atoms with Crippen molar-refractivity contribution >= 4 is 11.6 Å². The number of aromatic nitrogens is 2. The van der Waals surface area contributed by atoms with Gasteiger partial charge in [0.05, 0.1) is 35.8 Å². The van der Waals surface area contributed by atoms with Gasteiger partial charge in [0.2, 0.25) is 5.88 Å². The summed E-state index contributed by atoms with van der Waals surface area (Å²) in [6.45, 7) is 7.49. The normalized spacial score (nSPS) is 14.8. The van der Waals surface area contributed by atoms with E-state index in [1.807, 2.05) is 80.1 Å². The fourth-order valence-corrected chi connectivity index (χ4v) is 3.92. The summed E-state index contributed by atoms with van der Waals surface area (Å²) < 4.78 is 13.9. The Hall–Kier alpha value is -2.38. The highest BCUT2D eigenvalue weighted by Crippen LogP contribution is 2.35. The zero-order valence-electron chi connectivity index (χ0n) is 19.4. The van der Waals surface area contributed by atoms with Crippen LogP contribution in [0.25, 0.3) is 5.69 Å². The fraction of sp³-hybridized carbons (Fsp3) is 0.423. The van der Waals surface area contributed by atoms with E-state index in [0.717, 1.165) is 29.8 Å². The molecular formula is C26H32ClN3O3. The third kappa shape index (κ3) is 6.36. The minimum atomic E-state index is -0.543. The van der Waals surface area contributed by atoms with E-state index in [1.54, 1.807) is 0 Å². The van der Waals surface area contributed by atoms with Crippen LogP contribution in [0.1, 0.15) is 37.9 Å². The highest BCUT2D eigenvalue weighted by atomic mass is 35.5. The zero-order chi connectivity index (χ0) is 23.4. The molecule has 0 spiro atoms. The van der Waals surface area contributed by atoms with Crippen LogP contribution in [0, 0.1) is 6.92 Å². The number of nitrogens with zero attached hydrogens (tertiary/aromatic N) is 3. The minimum Gasteiger partial charge on any atom is -0.439 e. The Morgan fingerprint density at radius 2 is 1.82 bits per heavy atom. The lowest BCUT2D eigenvalue weighted by atomic mass is 10.2. The van der Waals surface area contributed by atoms with Crippen LogP contribution in [0.5, 0.6) is 11.6 Å². The number of rotatable bonds is 11. The molecule has 7 heteroatoms. The van der Waals surface area contributed by atoms with Crippen LogP contribution >= 0.6 is 11.6 Å². The monoisotopic (exact) mass is 469 g/mol. The highest BCUT2D eigenvalue weighted by Gasteiger charge is 2.32. The van der Waals surface area contributed by atoms with Gasteiger partial charge in [-0.25, -0.2) is 4.68 Å². The number of benzene rings is 2. The van der Waals surface area contributed by atoms with E-state index in [0.29, 0.717) is 42.4 Å².